The Morgan fingerprint density at radius 1 is 0.602 bits per heavy atom. The molecule has 17 nitrogen and oxygen atoms in total. The number of hydrogen-bond acceptors (Lipinski definition) is 18. The summed E-state index contributed by atoms with van der Waals surface area (Å²) in [6.07, 6.45) is 8.24. The van der Waals surface area contributed by atoms with Crippen LogP contribution in [0.1, 0.15) is 103 Å². The van der Waals surface area contributed by atoms with Crippen LogP contribution < -0.4 is 21.7 Å². The minimum atomic E-state index is -0.412. The topological polar surface area (TPSA) is 226 Å². The Balaban J connectivity index is 0.000000117. The minimum absolute atomic E-state index is 0.0251. The third-order valence-corrected chi connectivity index (χ3v) is 21.2. The maximum atomic E-state index is 13.3. The Morgan fingerprint density at radius 2 is 1.09 bits per heavy atom. The summed E-state index contributed by atoms with van der Waals surface area (Å²) in [6.45, 7) is 16.1. The average Bonchev–Trinajstić information content (AvgIpc) is 1.71. The fourth-order valence-electron chi connectivity index (χ4n) is 12.2. The van der Waals surface area contributed by atoms with Crippen LogP contribution in [0.4, 0.5) is 16.4 Å². The number of thiophene rings is 3. The van der Waals surface area contributed by atoms with Gasteiger partial charge in [-0.05, 0) is 171 Å². The highest BCUT2D eigenvalue weighted by atomic mass is 35.5. The summed E-state index contributed by atoms with van der Waals surface area (Å²) in [5, 5.41) is 17.0. The third kappa shape index (κ3) is 12.9. The van der Waals surface area contributed by atoms with E-state index in [-0.39, 0.29) is 39.4 Å². The van der Waals surface area contributed by atoms with Crippen LogP contribution in [0, 0.1) is 10.8 Å². The van der Waals surface area contributed by atoms with Crippen LogP contribution in [-0.2, 0) is 4.79 Å². The molecule has 24 heteroatoms. The second-order valence-electron chi connectivity index (χ2n) is 24.3. The summed E-state index contributed by atoms with van der Waals surface area (Å²) in [4.78, 5) is 67.4. The molecule has 4 aliphatic heterocycles. The molecule has 5 N–H and O–H groups in total. The largest absolute Gasteiger partial charge is 0.384 e. The number of benzene rings is 2. The van der Waals surface area contributed by atoms with Gasteiger partial charge in [0.1, 0.15) is 17.5 Å². The number of nitrogens with one attached hydrogen (secondary N) is 3. The number of amides is 2. The Kier molecular flexibility index (Phi) is 17.5. The molecule has 2 fully saturated rings. The van der Waals surface area contributed by atoms with Crippen LogP contribution in [0.5, 0.6) is 0 Å². The first-order valence-corrected chi connectivity index (χ1v) is 33.2. The number of fused-ring (bicyclic) bond motifs is 3. The molecule has 2 amide bonds. The number of hydrogen-bond donors (Lipinski definition) is 4. The van der Waals surface area contributed by atoms with Crippen molar-refractivity contribution in [3.63, 3.8) is 0 Å². The Bertz CT molecular complexity index is 4280. The fraction of sp³-hybridized carbons (Fsp3) is 0.359. The summed E-state index contributed by atoms with van der Waals surface area (Å²) in [5.41, 5.74) is 18.9. The van der Waals surface area contributed by atoms with Crippen molar-refractivity contribution in [3.05, 3.63) is 161 Å². The molecule has 0 bridgehead atoms. The number of nitrogens with zero attached hydrogens (tertiary/aromatic N) is 11. The van der Waals surface area contributed by atoms with E-state index < -0.39 is 5.54 Å². The van der Waals surface area contributed by atoms with E-state index in [9.17, 15) is 9.59 Å². The maximum absolute atomic E-state index is 13.3. The number of aliphatic imine (C=N–C) groups is 4. The van der Waals surface area contributed by atoms with Gasteiger partial charge in [-0.2, -0.15) is 9.97 Å². The van der Waals surface area contributed by atoms with Crippen LogP contribution in [0.25, 0.3) is 30.6 Å². The molecule has 4 aliphatic carbocycles. The van der Waals surface area contributed by atoms with E-state index in [1.165, 1.54) is 57.6 Å². The Morgan fingerprint density at radius 3 is 1.66 bits per heavy atom. The second-order valence-corrected chi connectivity index (χ2v) is 28.4. The predicted octanol–water partition coefficient (Wildman–Crippen LogP) is 15.5. The fourth-order valence-corrected chi connectivity index (χ4v) is 15.4. The first-order chi connectivity index (χ1) is 42.3. The van der Waals surface area contributed by atoms with Crippen molar-refractivity contribution >= 4 is 152 Å². The van der Waals surface area contributed by atoms with Crippen molar-refractivity contribution in [1.82, 2.24) is 40.1 Å². The van der Waals surface area contributed by atoms with Crippen LogP contribution in [-0.4, -0.2) is 108 Å². The average molecular weight is 1310 g/mol. The highest BCUT2D eigenvalue weighted by Gasteiger charge is 2.48. The third-order valence-electron chi connectivity index (χ3n) is 17.6. The van der Waals surface area contributed by atoms with E-state index in [2.05, 4.69) is 127 Å². The number of urea groups is 1. The van der Waals surface area contributed by atoms with Crippen molar-refractivity contribution in [3.8, 4) is 0 Å². The number of aromatic nitrogens is 6. The lowest BCUT2D eigenvalue weighted by Crippen LogP contribution is -2.51. The molecule has 452 valence electrons. The molecule has 6 aromatic heterocycles. The standard InChI is InChI=1S/C24H23ClN6OS.C15H15ClN4S.C10H9NO.C9H14N2.C6H2Cl2N2S/c1-24(2)16-11-26-20(29-21-19-17(8-9-33-19)27-22(25)30-21)15(16)12-31(24)23(32)28-18-10-14(18)13-6-4-3-5-7-13;1-15(2)5-3-8-9(15)7-17-12(8)19-13-11-10(4-6-21-11)18-14(16)20-13;12-7-11-10-6-9(10)8-4-2-1-3-5-8;1-9(2)4-3-6-7(9)5-11-8(6)10;7-5-4-3(1-2-11-4)9-6(8)10-5/h3-9,14,18H,10-12H2,1-2H3,(H,28,32)(H,26,27,29,30);4,6H,3,5,7H2,1-2H3,(H,17,18,19,20);1-5,9-10H,6H2;3-5H2,1-2H3,(H2,10,11);1-2H/t;;9?,10-;;/m..0../s1. The van der Waals surface area contributed by atoms with Gasteiger partial charge in [0, 0.05) is 23.5 Å². The normalized spacial score (nSPS) is 21.7. The lowest BCUT2D eigenvalue weighted by atomic mass is 9.86. The zero-order valence-corrected chi connectivity index (χ0v) is 54.6. The van der Waals surface area contributed by atoms with E-state index in [0.29, 0.717) is 41.3 Å². The summed E-state index contributed by atoms with van der Waals surface area (Å²) in [5.74, 6) is 4.79. The van der Waals surface area contributed by atoms with Gasteiger partial charge in [0.25, 0.3) is 0 Å². The second kappa shape index (κ2) is 25.1. The van der Waals surface area contributed by atoms with Crippen LogP contribution >= 0.6 is 80.4 Å². The smallest absolute Gasteiger partial charge is 0.318 e. The molecule has 0 saturated heterocycles. The summed E-state index contributed by atoms with van der Waals surface area (Å²) < 4.78 is 2.84. The number of amidine groups is 3. The number of halogens is 4. The maximum Gasteiger partial charge on any atom is 0.318 e. The highest BCUT2D eigenvalue weighted by molar-refractivity contribution is 7.18. The molecule has 2 saturated carbocycles. The van der Waals surface area contributed by atoms with Crippen molar-refractivity contribution in [2.24, 2.45) is 36.5 Å². The lowest BCUT2D eigenvalue weighted by Gasteiger charge is -2.34. The molecular formula is C64H63Cl4N15O2S3. The molecule has 0 radical (unpaired) electrons. The zero-order valence-electron chi connectivity index (χ0n) is 49.2. The molecular weight excluding hydrogens is 1250 g/mol. The first-order valence-electron chi connectivity index (χ1n) is 29.0. The number of carbonyl (C=O) groups is 1. The SMILES string of the molecule is CC1(C)C2=C(CN1C(=O)NC1CC1c1ccccc1)C(Nc1nc(Cl)nc3ccsc13)=NC2.CC1(C)CCC2=C1CN=C2N.CC1(C)CCC2=C1CN=C2Nc1nc(Cl)nc2ccsc12.Clc1nc(Cl)c2sccc2n1.O=C=N[C@H]1CC1c1ccccc1. The van der Waals surface area contributed by atoms with Gasteiger partial charge in [-0.15, -0.1) is 34.0 Å². The monoisotopic (exact) mass is 1310 g/mol. The van der Waals surface area contributed by atoms with Gasteiger partial charge in [-0.3, -0.25) is 15.0 Å². The van der Waals surface area contributed by atoms with Gasteiger partial charge in [0.15, 0.2) is 16.8 Å². The molecule has 8 aromatic rings. The van der Waals surface area contributed by atoms with Gasteiger partial charge < -0.3 is 26.6 Å². The van der Waals surface area contributed by atoms with Gasteiger partial charge in [-0.25, -0.2) is 34.5 Å². The number of nitrogens with two attached hydrogens (primary N) is 1. The Hall–Kier alpha value is -7.00. The molecule has 3 unspecified atom stereocenters. The molecule has 8 aliphatic rings. The first kappa shape index (κ1) is 61.2. The molecule has 4 atom stereocenters. The number of anilines is 2. The van der Waals surface area contributed by atoms with Crippen LogP contribution in [0.2, 0.25) is 21.0 Å². The number of isocyanates is 1. The molecule has 0 spiro atoms. The van der Waals surface area contributed by atoms with E-state index in [0.717, 1.165) is 104 Å². The summed E-state index contributed by atoms with van der Waals surface area (Å²) in [6, 6.07) is 26.6. The van der Waals surface area contributed by atoms with Gasteiger partial charge >= 0.3 is 6.03 Å². The minimum Gasteiger partial charge on any atom is -0.384 e. The van der Waals surface area contributed by atoms with Crippen molar-refractivity contribution in [2.45, 2.75) is 110 Å². The quantitative estimate of drug-likeness (QED) is 0.0530. The molecule has 16 rings (SSSR count). The number of rotatable bonds is 6. The van der Waals surface area contributed by atoms with Crippen molar-refractivity contribution < 1.29 is 9.59 Å². The predicted molar refractivity (Wildman–Crippen MR) is 360 cm³/mol. The van der Waals surface area contributed by atoms with Crippen LogP contribution in [0.15, 0.2) is 148 Å². The van der Waals surface area contributed by atoms with Gasteiger partial charge in [0.05, 0.1) is 68.4 Å². The van der Waals surface area contributed by atoms with Crippen molar-refractivity contribution in [1.29, 1.82) is 0 Å². The lowest BCUT2D eigenvalue weighted by molar-refractivity contribution is 0.170. The Labute approximate surface area is 541 Å². The molecule has 2 aromatic carbocycles. The summed E-state index contributed by atoms with van der Waals surface area (Å²) >= 11 is 28.2. The van der Waals surface area contributed by atoms with E-state index >= 15 is 0 Å². The van der Waals surface area contributed by atoms with E-state index in [1.807, 2.05) is 75.6 Å². The van der Waals surface area contributed by atoms with E-state index in [4.69, 9.17) is 57.1 Å². The summed E-state index contributed by atoms with van der Waals surface area (Å²) in [7, 11) is 0. The van der Waals surface area contributed by atoms with E-state index in [1.54, 1.807) is 28.8 Å². The molecule has 10 heterocycles. The number of carbonyl (C=O) groups excluding carboxylic acids is 2. The highest BCUT2D eigenvalue weighted by Crippen LogP contribution is 2.48. The molecule has 88 heavy (non-hydrogen) atoms. The van der Waals surface area contributed by atoms with Crippen LogP contribution in [0.3, 0.4) is 0 Å². The van der Waals surface area contributed by atoms with Gasteiger partial charge in [0.2, 0.25) is 21.9 Å². The van der Waals surface area contributed by atoms with Gasteiger partial charge in [-0.1, -0.05) is 100.0 Å². The van der Waals surface area contributed by atoms with Crippen molar-refractivity contribution in [2.75, 3.05) is 36.8 Å². The zero-order chi connectivity index (χ0) is 61.6.